The molecule has 0 bridgehead atoms. The van der Waals surface area contributed by atoms with Gasteiger partial charge in [0.05, 0.1) is 12.0 Å². The molecule has 6 nitrogen and oxygen atoms in total. The van der Waals surface area contributed by atoms with E-state index in [4.69, 9.17) is 4.74 Å². The van der Waals surface area contributed by atoms with Gasteiger partial charge in [-0.15, -0.1) is 0 Å². The van der Waals surface area contributed by atoms with Crippen molar-refractivity contribution in [3.63, 3.8) is 0 Å². The van der Waals surface area contributed by atoms with Gasteiger partial charge in [-0.2, -0.15) is 0 Å². The number of ether oxygens (including phenoxy) is 1. The van der Waals surface area contributed by atoms with Gasteiger partial charge < -0.3 is 4.74 Å². The highest BCUT2D eigenvalue weighted by Crippen LogP contribution is 2.35. The number of methoxy groups -OCH3 is 1. The minimum atomic E-state index is -3.85. The van der Waals surface area contributed by atoms with Crippen molar-refractivity contribution in [2.45, 2.75) is 23.9 Å². The maximum Gasteiger partial charge on any atom is 0.333 e. The minimum Gasteiger partial charge on any atom is -0.467 e. The zero-order valence-corrected chi connectivity index (χ0v) is 14.7. The first-order valence-electron chi connectivity index (χ1n) is 7.71. The average Bonchev–Trinajstić information content (AvgIpc) is 3.08. The van der Waals surface area contributed by atoms with Crippen LogP contribution in [-0.4, -0.2) is 38.2 Å². The molecular weight excluding hydrogens is 340 g/mol. The van der Waals surface area contributed by atoms with Crippen molar-refractivity contribution >= 4 is 22.3 Å². The fourth-order valence-electron chi connectivity index (χ4n) is 2.76. The molecule has 2 aromatic carbocycles. The SMILES string of the molecule is COC(=O)[C@@H]1N=CN(S(=O)(=O)c2ccc(C)cc2)[C@H]1c1ccccc1. The molecule has 0 aromatic heterocycles. The first kappa shape index (κ1) is 17.2. The summed E-state index contributed by atoms with van der Waals surface area (Å²) in [5.74, 6) is -0.577. The van der Waals surface area contributed by atoms with Crippen molar-refractivity contribution in [1.82, 2.24) is 4.31 Å². The number of rotatable bonds is 4. The quantitative estimate of drug-likeness (QED) is 0.786. The van der Waals surface area contributed by atoms with Crippen molar-refractivity contribution in [3.8, 4) is 0 Å². The third-order valence-corrected chi connectivity index (χ3v) is 5.84. The Labute approximate surface area is 146 Å². The Morgan fingerprint density at radius 2 is 1.72 bits per heavy atom. The molecule has 0 spiro atoms. The predicted octanol–water partition coefficient (Wildman–Crippen LogP) is 2.31. The molecular formula is C18H18N2O4S. The average molecular weight is 358 g/mol. The molecule has 3 rings (SSSR count). The van der Waals surface area contributed by atoms with E-state index in [2.05, 4.69) is 4.99 Å². The standard InChI is InChI=1S/C18H18N2O4S/c1-13-8-10-15(11-9-13)25(22,23)20-12-19-16(18(21)24-2)17(20)14-6-4-3-5-7-14/h3-12,16-17H,1-2H3/t16-,17+/m1/s1. The Hall–Kier alpha value is -2.67. The van der Waals surface area contributed by atoms with Crippen molar-refractivity contribution in [2.75, 3.05) is 7.11 Å². The van der Waals surface area contributed by atoms with Crippen LogP contribution in [0.3, 0.4) is 0 Å². The van der Waals surface area contributed by atoms with Crippen LogP contribution in [0.5, 0.6) is 0 Å². The normalized spacial score (nSPS) is 19.8. The van der Waals surface area contributed by atoms with E-state index >= 15 is 0 Å². The molecule has 0 N–H and O–H groups in total. The van der Waals surface area contributed by atoms with Crippen LogP contribution < -0.4 is 0 Å². The smallest absolute Gasteiger partial charge is 0.333 e. The monoisotopic (exact) mass is 358 g/mol. The van der Waals surface area contributed by atoms with E-state index in [9.17, 15) is 13.2 Å². The number of benzene rings is 2. The zero-order valence-electron chi connectivity index (χ0n) is 13.9. The van der Waals surface area contributed by atoms with Crippen molar-refractivity contribution in [2.24, 2.45) is 4.99 Å². The number of carbonyl (C=O) groups is 1. The molecule has 0 fully saturated rings. The Bertz CT molecular complexity index is 892. The lowest BCUT2D eigenvalue weighted by Crippen LogP contribution is -2.37. The first-order valence-corrected chi connectivity index (χ1v) is 9.15. The molecule has 0 saturated carbocycles. The number of sulfonamides is 1. The lowest BCUT2D eigenvalue weighted by Gasteiger charge is -2.27. The lowest BCUT2D eigenvalue weighted by molar-refractivity contribution is -0.142. The highest BCUT2D eigenvalue weighted by atomic mass is 32.2. The van der Waals surface area contributed by atoms with E-state index in [1.807, 2.05) is 13.0 Å². The lowest BCUT2D eigenvalue weighted by atomic mass is 10.0. The van der Waals surface area contributed by atoms with Gasteiger partial charge in [-0.1, -0.05) is 48.0 Å². The summed E-state index contributed by atoms with van der Waals surface area (Å²) >= 11 is 0. The van der Waals surface area contributed by atoms with Gasteiger partial charge >= 0.3 is 5.97 Å². The number of nitrogens with zero attached hydrogens (tertiary/aromatic N) is 2. The fraction of sp³-hybridized carbons (Fsp3) is 0.222. The number of aliphatic imine (C=N–C) groups is 1. The van der Waals surface area contributed by atoms with Gasteiger partial charge in [0.25, 0.3) is 10.0 Å². The molecule has 0 amide bonds. The molecule has 1 aliphatic heterocycles. The summed E-state index contributed by atoms with van der Waals surface area (Å²) < 4.78 is 32.1. The first-order chi connectivity index (χ1) is 11.9. The van der Waals surface area contributed by atoms with Gasteiger partial charge in [0, 0.05) is 0 Å². The van der Waals surface area contributed by atoms with E-state index < -0.39 is 28.1 Å². The Morgan fingerprint density at radius 1 is 1.08 bits per heavy atom. The third kappa shape index (κ3) is 3.15. The van der Waals surface area contributed by atoms with Gasteiger partial charge in [0.1, 0.15) is 12.4 Å². The Kier molecular flexibility index (Phi) is 4.59. The van der Waals surface area contributed by atoms with Gasteiger partial charge in [0.15, 0.2) is 6.04 Å². The van der Waals surface area contributed by atoms with Crippen LogP contribution >= 0.6 is 0 Å². The second-order valence-corrected chi connectivity index (χ2v) is 7.58. The highest BCUT2D eigenvalue weighted by molar-refractivity contribution is 7.89. The molecule has 0 unspecified atom stereocenters. The molecule has 0 saturated heterocycles. The van der Waals surface area contributed by atoms with E-state index in [1.54, 1.807) is 48.5 Å². The van der Waals surface area contributed by atoms with Crippen LogP contribution in [0, 0.1) is 6.92 Å². The minimum absolute atomic E-state index is 0.149. The van der Waals surface area contributed by atoms with Crippen LogP contribution in [0.1, 0.15) is 17.2 Å². The van der Waals surface area contributed by atoms with Crippen molar-refractivity contribution < 1.29 is 17.9 Å². The van der Waals surface area contributed by atoms with Gasteiger partial charge in [-0.25, -0.2) is 17.5 Å². The zero-order chi connectivity index (χ0) is 18.0. The summed E-state index contributed by atoms with van der Waals surface area (Å²) in [4.78, 5) is 16.3. The van der Waals surface area contributed by atoms with Crippen molar-refractivity contribution in [3.05, 3.63) is 65.7 Å². The number of esters is 1. The van der Waals surface area contributed by atoms with Crippen LogP contribution in [0.2, 0.25) is 0 Å². The van der Waals surface area contributed by atoms with E-state index in [0.29, 0.717) is 5.56 Å². The van der Waals surface area contributed by atoms with Crippen LogP contribution in [0.4, 0.5) is 0 Å². The van der Waals surface area contributed by atoms with Gasteiger partial charge in [-0.3, -0.25) is 4.99 Å². The maximum absolute atomic E-state index is 13.1. The molecule has 130 valence electrons. The summed E-state index contributed by atoms with van der Waals surface area (Å²) in [6.07, 6.45) is 1.20. The molecule has 0 aliphatic carbocycles. The topological polar surface area (TPSA) is 76.0 Å². The molecule has 2 aromatic rings. The van der Waals surface area contributed by atoms with Crippen LogP contribution in [0.15, 0.2) is 64.5 Å². The highest BCUT2D eigenvalue weighted by Gasteiger charge is 2.43. The second-order valence-electron chi connectivity index (χ2n) is 5.74. The van der Waals surface area contributed by atoms with Crippen LogP contribution in [0.25, 0.3) is 0 Å². The molecule has 25 heavy (non-hydrogen) atoms. The number of hydrogen-bond acceptors (Lipinski definition) is 5. The van der Waals surface area contributed by atoms with Crippen molar-refractivity contribution in [1.29, 1.82) is 0 Å². The number of hydrogen-bond donors (Lipinski definition) is 0. The Balaban J connectivity index is 2.06. The molecule has 7 heteroatoms. The molecule has 2 atom stereocenters. The summed E-state index contributed by atoms with van der Waals surface area (Å²) in [6.45, 7) is 1.88. The number of carbonyl (C=O) groups excluding carboxylic acids is 1. The Morgan fingerprint density at radius 3 is 2.32 bits per heavy atom. The maximum atomic E-state index is 13.1. The van der Waals surface area contributed by atoms with Crippen LogP contribution in [-0.2, 0) is 19.6 Å². The van der Waals surface area contributed by atoms with E-state index in [-0.39, 0.29) is 4.90 Å². The molecule has 1 heterocycles. The summed E-state index contributed by atoms with van der Waals surface area (Å²) in [6, 6.07) is 13.8. The molecule has 1 aliphatic rings. The third-order valence-electron chi connectivity index (χ3n) is 4.09. The number of aryl methyl sites for hydroxylation is 1. The largest absolute Gasteiger partial charge is 0.467 e. The van der Waals surface area contributed by atoms with E-state index in [1.165, 1.54) is 13.4 Å². The molecule has 0 radical (unpaired) electrons. The summed E-state index contributed by atoms with van der Waals surface area (Å²) in [5, 5.41) is 0. The predicted molar refractivity (Wildman–Crippen MR) is 93.7 cm³/mol. The fourth-order valence-corrected chi connectivity index (χ4v) is 4.20. The van der Waals surface area contributed by atoms with Gasteiger partial charge in [-0.05, 0) is 24.6 Å². The summed E-state index contributed by atoms with van der Waals surface area (Å²) in [5.41, 5.74) is 1.63. The second kappa shape index (κ2) is 6.68. The van der Waals surface area contributed by atoms with E-state index in [0.717, 1.165) is 9.87 Å². The van der Waals surface area contributed by atoms with Gasteiger partial charge in [0.2, 0.25) is 0 Å². The summed E-state index contributed by atoms with van der Waals surface area (Å²) in [7, 11) is -2.59.